The van der Waals surface area contributed by atoms with Crippen LogP contribution in [0.15, 0.2) is 6.07 Å². The predicted octanol–water partition coefficient (Wildman–Crippen LogP) is 2.55. The van der Waals surface area contributed by atoms with E-state index in [1.165, 1.54) is 6.07 Å². The maximum atomic E-state index is 5.71. The minimum absolute atomic E-state index is 0.317. The van der Waals surface area contributed by atoms with E-state index in [4.69, 9.17) is 21.4 Å². The van der Waals surface area contributed by atoms with Crippen molar-refractivity contribution >= 4 is 11.6 Å². The molecule has 0 spiro atoms. The molecule has 0 aliphatic heterocycles. The van der Waals surface area contributed by atoms with Crippen LogP contribution in [0.5, 0.6) is 5.88 Å². The van der Waals surface area contributed by atoms with Crippen LogP contribution in [0.25, 0.3) is 0 Å². The van der Waals surface area contributed by atoms with Gasteiger partial charge in [0.1, 0.15) is 16.6 Å². The van der Waals surface area contributed by atoms with Gasteiger partial charge in [-0.3, -0.25) is 0 Å². The van der Waals surface area contributed by atoms with Crippen LogP contribution < -0.4 is 4.89 Å². The number of hydrogen-bond donors (Lipinski definition) is 0. The summed E-state index contributed by atoms with van der Waals surface area (Å²) in [5, 5.41) is 0.338. The van der Waals surface area contributed by atoms with Crippen molar-refractivity contribution in [3.05, 3.63) is 17.0 Å². The lowest BCUT2D eigenvalue weighted by molar-refractivity contribution is -0.277. The Hall–Kier alpha value is -0.870. The van der Waals surface area contributed by atoms with E-state index in [2.05, 4.69) is 9.97 Å². The van der Waals surface area contributed by atoms with Crippen LogP contribution in [0.2, 0.25) is 5.15 Å². The Balaban J connectivity index is 2.68. The molecule has 1 rings (SSSR count). The quantitative estimate of drug-likeness (QED) is 0.433. The van der Waals surface area contributed by atoms with Crippen molar-refractivity contribution in [2.75, 3.05) is 0 Å². The first kappa shape index (κ1) is 11.2. The molecule has 0 aliphatic carbocycles. The second-order valence-corrected chi connectivity index (χ2v) is 4.24. The van der Waals surface area contributed by atoms with Crippen molar-refractivity contribution in [1.29, 1.82) is 0 Å². The molecular formula is C9H13ClN2O2. The van der Waals surface area contributed by atoms with Crippen molar-refractivity contribution in [3.8, 4) is 5.88 Å². The minimum Gasteiger partial charge on any atom is -0.316 e. The Bertz CT molecular complexity index is 303. The average molecular weight is 217 g/mol. The molecule has 0 aliphatic rings. The summed E-state index contributed by atoms with van der Waals surface area (Å²) >= 11 is 5.71. The standard InChI is InChI=1S/C9H13ClN2O2/c1-6-11-7(10)5-8(12-6)13-14-9(2,3)4/h5H,1-4H3. The van der Waals surface area contributed by atoms with Crippen molar-refractivity contribution in [1.82, 2.24) is 9.97 Å². The molecule has 1 heterocycles. The number of rotatable bonds is 2. The van der Waals surface area contributed by atoms with E-state index in [9.17, 15) is 0 Å². The Morgan fingerprint density at radius 2 is 1.93 bits per heavy atom. The van der Waals surface area contributed by atoms with Gasteiger partial charge >= 0.3 is 0 Å². The second-order valence-electron chi connectivity index (χ2n) is 3.86. The van der Waals surface area contributed by atoms with E-state index in [1.54, 1.807) is 6.92 Å². The molecule has 5 heteroatoms. The van der Waals surface area contributed by atoms with Crippen LogP contribution in [0, 0.1) is 6.92 Å². The predicted molar refractivity (Wildman–Crippen MR) is 53.2 cm³/mol. The van der Waals surface area contributed by atoms with Crippen molar-refractivity contribution in [2.24, 2.45) is 0 Å². The van der Waals surface area contributed by atoms with Gasteiger partial charge in [0.05, 0.1) is 0 Å². The lowest BCUT2D eigenvalue weighted by Gasteiger charge is -2.17. The summed E-state index contributed by atoms with van der Waals surface area (Å²) in [5.74, 6) is 0.863. The summed E-state index contributed by atoms with van der Waals surface area (Å²) in [7, 11) is 0. The fraction of sp³-hybridized carbons (Fsp3) is 0.556. The van der Waals surface area contributed by atoms with Crippen LogP contribution in [0.1, 0.15) is 26.6 Å². The number of aromatic nitrogens is 2. The fourth-order valence-electron chi connectivity index (χ4n) is 0.716. The highest BCUT2D eigenvalue weighted by molar-refractivity contribution is 6.29. The molecule has 4 nitrogen and oxygen atoms in total. The van der Waals surface area contributed by atoms with Crippen molar-refractivity contribution in [2.45, 2.75) is 33.3 Å². The third-order valence-corrected chi connectivity index (χ3v) is 1.35. The lowest BCUT2D eigenvalue weighted by atomic mass is 10.2. The smallest absolute Gasteiger partial charge is 0.261 e. The molecule has 0 unspecified atom stereocenters. The fourth-order valence-corrected chi connectivity index (χ4v) is 0.932. The number of halogens is 1. The van der Waals surface area contributed by atoms with Gasteiger partial charge in [-0.1, -0.05) is 11.6 Å². The highest BCUT2D eigenvalue weighted by Gasteiger charge is 2.13. The molecule has 0 aromatic carbocycles. The van der Waals surface area contributed by atoms with E-state index < -0.39 is 0 Å². The average Bonchev–Trinajstić information content (AvgIpc) is 1.97. The first-order chi connectivity index (χ1) is 6.37. The van der Waals surface area contributed by atoms with Gasteiger partial charge in [0, 0.05) is 6.07 Å². The monoisotopic (exact) mass is 216 g/mol. The first-order valence-electron chi connectivity index (χ1n) is 4.24. The van der Waals surface area contributed by atoms with Gasteiger partial charge in [-0.05, 0) is 27.7 Å². The SMILES string of the molecule is Cc1nc(Cl)cc(OOC(C)(C)C)n1. The summed E-state index contributed by atoms with van der Waals surface area (Å²) < 4.78 is 0. The molecule has 1 aromatic heterocycles. The molecule has 78 valence electrons. The molecule has 0 fully saturated rings. The molecule has 0 N–H and O–H groups in total. The van der Waals surface area contributed by atoms with E-state index >= 15 is 0 Å². The van der Waals surface area contributed by atoms with Crippen LogP contribution in [-0.4, -0.2) is 15.6 Å². The molecule has 0 atom stereocenters. The van der Waals surface area contributed by atoms with Gasteiger partial charge in [-0.25, -0.2) is 4.98 Å². The molecule has 1 aromatic rings. The molecule has 0 saturated carbocycles. The van der Waals surface area contributed by atoms with Crippen molar-refractivity contribution < 1.29 is 9.78 Å². The Labute approximate surface area is 88.2 Å². The number of aryl methyl sites for hydroxylation is 1. The maximum Gasteiger partial charge on any atom is 0.261 e. The summed E-state index contributed by atoms with van der Waals surface area (Å²) in [6.07, 6.45) is 0. The van der Waals surface area contributed by atoms with Crippen LogP contribution in [0.3, 0.4) is 0 Å². The Morgan fingerprint density at radius 1 is 1.29 bits per heavy atom. The van der Waals surface area contributed by atoms with Crippen LogP contribution in [0.4, 0.5) is 0 Å². The zero-order valence-electron chi connectivity index (χ0n) is 8.67. The highest BCUT2D eigenvalue weighted by Crippen LogP contribution is 2.16. The second kappa shape index (κ2) is 4.11. The van der Waals surface area contributed by atoms with Gasteiger partial charge < -0.3 is 4.89 Å². The summed E-state index contributed by atoms with van der Waals surface area (Å²) in [4.78, 5) is 18.0. The van der Waals surface area contributed by atoms with Gasteiger partial charge in [0.25, 0.3) is 5.88 Å². The largest absolute Gasteiger partial charge is 0.316 e. The summed E-state index contributed by atoms with van der Waals surface area (Å²) in [6, 6.07) is 1.50. The van der Waals surface area contributed by atoms with Gasteiger partial charge in [0.15, 0.2) is 0 Å². The Morgan fingerprint density at radius 3 is 2.43 bits per heavy atom. The number of nitrogens with zero attached hydrogens (tertiary/aromatic N) is 2. The van der Waals surface area contributed by atoms with Gasteiger partial charge in [-0.2, -0.15) is 9.87 Å². The zero-order valence-corrected chi connectivity index (χ0v) is 9.42. The van der Waals surface area contributed by atoms with E-state index in [0.29, 0.717) is 16.9 Å². The van der Waals surface area contributed by atoms with Crippen LogP contribution >= 0.6 is 11.6 Å². The minimum atomic E-state index is -0.384. The third-order valence-electron chi connectivity index (χ3n) is 1.16. The first-order valence-corrected chi connectivity index (χ1v) is 4.61. The van der Waals surface area contributed by atoms with E-state index in [0.717, 1.165) is 0 Å². The summed E-state index contributed by atoms with van der Waals surface area (Å²) in [6.45, 7) is 7.36. The highest BCUT2D eigenvalue weighted by atomic mass is 35.5. The maximum absolute atomic E-state index is 5.71. The normalized spacial score (nSPS) is 11.5. The topological polar surface area (TPSA) is 44.2 Å². The molecule has 0 radical (unpaired) electrons. The molecule has 0 saturated heterocycles. The molecule has 0 amide bonds. The van der Waals surface area contributed by atoms with E-state index in [-0.39, 0.29) is 5.60 Å². The Kier molecular flexibility index (Phi) is 3.29. The summed E-state index contributed by atoms with van der Waals surface area (Å²) in [5.41, 5.74) is -0.384. The van der Waals surface area contributed by atoms with Gasteiger partial charge in [0.2, 0.25) is 0 Å². The molecular weight excluding hydrogens is 204 g/mol. The molecule has 14 heavy (non-hydrogen) atoms. The van der Waals surface area contributed by atoms with Gasteiger partial charge in [-0.15, -0.1) is 0 Å². The third kappa shape index (κ3) is 3.89. The van der Waals surface area contributed by atoms with Crippen molar-refractivity contribution in [3.63, 3.8) is 0 Å². The zero-order chi connectivity index (χ0) is 10.8. The van der Waals surface area contributed by atoms with Crippen LogP contribution in [-0.2, 0) is 4.89 Å². The molecule has 0 bridgehead atoms. The van der Waals surface area contributed by atoms with E-state index in [1.807, 2.05) is 20.8 Å². The lowest BCUT2D eigenvalue weighted by Crippen LogP contribution is -2.21. The number of hydrogen-bond acceptors (Lipinski definition) is 4.